The summed E-state index contributed by atoms with van der Waals surface area (Å²) in [5.41, 5.74) is 0.120. The number of carbonyl (C=O) groups excluding carboxylic acids is 1. The Kier molecular flexibility index (Phi) is 3.38. The summed E-state index contributed by atoms with van der Waals surface area (Å²) in [6.07, 6.45) is 2.47. The smallest absolute Gasteiger partial charge is 0.258 e. The molecule has 0 bridgehead atoms. The Balaban J connectivity index is 2.27. The molecule has 1 amide bonds. The lowest BCUT2D eigenvalue weighted by Crippen LogP contribution is -2.42. The average Bonchev–Trinajstić information content (AvgIpc) is 2.38. The molecule has 18 heavy (non-hydrogen) atoms. The van der Waals surface area contributed by atoms with Crippen LogP contribution in [0.1, 0.15) is 29.6 Å². The third-order valence-corrected chi connectivity index (χ3v) is 3.12. The number of amides is 1. The standard InChI is InChI=1S/C13H14N2O3/c14-8-9-3-1-2-6-15(9)13(18)11-5-4-10(16)7-12(11)17/h4-5,7,9,16-17H,1-3,6H2. The van der Waals surface area contributed by atoms with Crippen LogP contribution in [0.25, 0.3) is 0 Å². The molecule has 1 aliphatic heterocycles. The van der Waals surface area contributed by atoms with E-state index in [0.717, 1.165) is 18.9 Å². The molecule has 1 atom stereocenters. The minimum absolute atomic E-state index is 0.0977. The van der Waals surface area contributed by atoms with Crippen molar-refractivity contribution in [3.8, 4) is 17.6 Å². The molecule has 1 fully saturated rings. The molecule has 1 heterocycles. The Hall–Kier alpha value is -2.22. The lowest BCUT2D eigenvalue weighted by molar-refractivity contribution is 0.0667. The predicted octanol–water partition coefficient (Wildman–Crippen LogP) is 1.62. The second-order valence-electron chi connectivity index (χ2n) is 4.34. The molecule has 1 aromatic rings. The van der Waals surface area contributed by atoms with Crippen molar-refractivity contribution < 1.29 is 15.0 Å². The van der Waals surface area contributed by atoms with E-state index in [9.17, 15) is 15.0 Å². The first kappa shape index (κ1) is 12.2. The monoisotopic (exact) mass is 246 g/mol. The normalized spacial score (nSPS) is 19.3. The van der Waals surface area contributed by atoms with Crippen LogP contribution in [0.15, 0.2) is 18.2 Å². The Morgan fingerprint density at radius 1 is 1.39 bits per heavy atom. The van der Waals surface area contributed by atoms with Crippen LogP contribution in [0.5, 0.6) is 11.5 Å². The number of phenolic OH excluding ortho intramolecular Hbond substituents is 2. The van der Waals surface area contributed by atoms with Crippen LogP contribution in [0, 0.1) is 11.3 Å². The van der Waals surface area contributed by atoms with Gasteiger partial charge in [0, 0.05) is 12.6 Å². The number of benzene rings is 1. The average molecular weight is 246 g/mol. The Morgan fingerprint density at radius 2 is 2.17 bits per heavy atom. The topological polar surface area (TPSA) is 84.6 Å². The van der Waals surface area contributed by atoms with Gasteiger partial charge in [-0.15, -0.1) is 0 Å². The zero-order chi connectivity index (χ0) is 13.1. The van der Waals surface area contributed by atoms with Gasteiger partial charge in [-0.3, -0.25) is 4.79 Å². The fraction of sp³-hybridized carbons (Fsp3) is 0.385. The molecule has 5 heteroatoms. The molecule has 94 valence electrons. The highest BCUT2D eigenvalue weighted by atomic mass is 16.3. The molecule has 1 unspecified atom stereocenters. The molecular formula is C13H14N2O3. The summed E-state index contributed by atoms with van der Waals surface area (Å²) < 4.78 is 0. The summed E-state index contributed by atoms with van der Waals surface area (Å²) in [5.74, 6) is -0.722. The molecule has 2 N–H and O–H groups in total. The molecule has 2 rings (SSSR count). The second kappa shape index (κ2) is 4.96. The molecule has 0 aliphatic carbocycles. The number of phenols is 2. The summed E-state index contributed by atoms with van der Waals surface area (Å²) in [6, 6.07) is 5.52. The molecule has 1 aliphatic rings. The van der Waals surface area contributed by atoms with E-state index < -0.39 is 6.04 Å². The first-order valence-electron chi connectivity index (χ1n) is 5.86. The van der Waals surface area contributed by atoms with Gasteiger partial charge in [-0.25, -0.2) is 0 Å². The van der Waals surface area contributed by atoms with Gasteiger partial charge in [-0.05, 0) is 31.4 Å². The third-order valence-electron chi connectivity index (χ3n) is 3.12. The molecule has 0 saturated carbocycles. The van der Waals surface area contributed by atoms with Crippen molar-refractivity contribution in [2.75, 3.05) is 6.54 Å². The van der Waals surface area contributed by atoms with Crippen LogP contribution in [-0.4, -0.2) is 33.6 Å². The summed E-state index contributed by atoms with van der Waals surface area (Å²) in [4.78, 5) is 13.7. The number of hydrogen-bond acceptors (Lipinski definition) is 4. The molecule has 0 radical (unpaired) electrons. The predicted molar refractivity (Wildman–Crippen MR) is 64.1 cm³/mol. The van der Waals surface area contributed by atoms with Crippen molar-refractivity contribution in [1.29, 1.82) is 5.26 Å². The van der Waals surface area contributed by atoms with Crippen LogP contribution >= 0.6 is 0 Å². The van der Waals surface area contributed by atoms with E-state index in [2.05, 4.69) is 6.07 Å². The van der Waals surface area contributed by atoms with Crippen LogP contribution in [0.2, 0.25) is 0 Å². The largest absolute Gasteiger partial charge is 0.508 e. The maximum Gasteiger partial charge on any atom is 0.258 e. The van der Waals surface area contributed by atoms with Gasteiger partial charge in [0.1, 0.15) is 17.5 Å². The molecule has 1 aromatic carbocycles. The van der Waals surface area contributed by atoms with E-state index in [-0.39, 0.29) is 23.0 Å². The van der Waals surface area contributed by atoms with Gasteiger partial charge in [-0.2, -0.15) is 5.26 Å². The Morgan fingerprint density at radius 3 is 2.83 bits per heavy atom. The zero-order valence-electron chi connectivity index (χ0n) is 9.83. The number of carbonyl (C=O) groups is 1. The number of nitriles is 1. The van der Waals surface area contributed by atoms with Crippen LogP contribution in [0.4, 0.5) is 0 Å². The molecule has 0 aromatic heterocycles. The first-order valence-corrected chi connectivity index (χ1v) is 5.86. The maximum atomic E-state index is 12.2. The van der Waals surface area contributed by atoms with E-state index in [0.29, 0.717) is 13.0 Å². The highest BCUT2D eigenvalue weighted by Crippen LogP contribution is 2.26. The third kappa shape index (κ3) is 2.23. The van der Waals surface area contributed by atoms with E-state index in [4.69, 9.17) is 5.26 Å². The lowest BCUT2D eigenvalue weighted by atomic mass is 10.0. The minimum Gasteiger partial charge on any atom is -0.508 e. The SMILES string of the molecule is N#CC1CCCCN1C(=O)c1ccc(O)cc1O. The van der Waals surface area contributed by atoms with Crippen molar-refractivity contribution in [3.05, 3.63) is 23.8 Å². The highest BCUT2D eigenvalue weighted by Gasteiger charge is 2.28. The molecule has 5 nitrogen and oxygen atoms in total. The molecule has 1 saturated heterocycles. The van der Waals surface area contributed by atoms with Gasteiger partial charge in [0.15, 0.2) is 0 Å². The quantitative estimate of drug-likeness (QED) is 0.788. The number of hydrogen-bond donors (Lipinski definition) is 2. The fourth-order valence-electron chi connectivity index (χ4n) is 2.16. The lowest BCUT2D eigenvalue weighted by Gasteiger charge is -2.31. The van der Waals surface area contributed by atoms with Crippen molar-refractivity contribution in [1.82, 2.24) is 4.90 Å². The van der Waals surface area contributed by atoms with E-state index in [1.807, 2.05) is 0 Å². The number of piperidine rings is 1. The molecular weight excluding hydrogens is 232 g/mol. The number of nitrogens with zero attached hydrogens (tertiary/aromatic N) is 2. The Bertz CT molecular complexity index is 507. The fourth-order valence-corrected chi connectivity index (χ4v) is 2.16. The van der Waals surface area contributed by atoms with Gasteiger partial charge >= 0.3 is 0 Å². The van der Waals surface area contributed by atoms with Gasteiger partial charge in [0.05, 0.1) is 11.6 Å². The summed E-state index contributed by atoms with van der Waals surface area (Å²) in [5, 5.41) is 27.9. The van der Waals surface area contributed by atoms with Crippen molar-refractivity contribution in [3.63, 3.8) is 0 Å². The van der Waals surface area contributed by atoms with Crippen molar-refractivity contribution in [2.45, 2.75) is 25.3 Å². The van der Waals surface area contributed by atoms with Crippen LogP contribution in [0.3, 0.4) is 0 Å². The number of likely N-dealkylation sites (tertiary alicyclic amines) is 1. The maximum absolute atomic E-state index is 12.2. The Labute approximate surface area is 105 Å². The summed E-state index contributed by atoms with van der Waals surface area (Å²) in [7, 11) is 0. The second-order valence-corrected chi connectivity index (χ2v) is 4.34. The summed E-state index contributed by atoms with van der Waals surface area (Å²) in [6.45, 7) is 0.525. The minimum atomic E-state index is -0.431. The van der Waals surface area contributed by atoms with Gasteiger partial charge in [0.25, 0.3) is 5.91 Å². The molecule has 0 spiro atoms. The van der Waals surface area contributed by atoms with E-state index >= 15 is 0 Å². The van der Waals surface area contributed by atoms with E-state index in [1.165, 1.54) is 17.0 Å². The summed E-state index contributed by atoms with van der Waals surface area (Å²) >= 11 is 0. The number of rotatable bonds is 1. The van der Waals surface area contributed by atoms with E-state index in [1.54, 1.807) is 0 Å². The van der Waals surface area contributed by atoms with Crippen molar-refractivity contribution in [2.24, 2.45) is 0 Å². The van der Waals surface area contributed by atoms with Crippen LogP contribution in [-0.2, 0) is 0 Å². The first-order chi connectivity index (χ1) is 8.63. The van der Waals surface area contributed by atoms with Gasteiger partial charge in [-0.1, -0.05) is 0 Å². The van der Waals surface area contributed by atoms with Crippen LogP contribution < -0.4 is 0 Å². The van der Waals surface area contributed by atoms with Gasteiger partial charge in [0.2, 0.25) is 0 Å². The number of aromatic hydroxyl groups is 2. The van der Waals surface area contributed by atoms with Crippen molar-refractivity contribution >= 4 is 5.91 Å². The highest BCUT2D eigenvalue weighted by molar-refractivity contribution is 5.97. The van der Waals surface area contributed by atoms with Gasteiger partial charge < -0.3 is 15.1 Å². The zero-order valence-corrected chi connectivity index (χ0v) is 9.83.